The fraction of sp³-hybridized carbons (Fsp3) is 0.257. The highest BCUT2D eigenvalue weighted by Crippen LogP contribution is 2.52. The van der Waals surface area contributed by atoms with Gasteiger partial charge in [0.05, 0.1) is 11.9 Å². The number of hydrogen-bond donors (Lipinski definition) is 2. The van der Waals surface area contributed by atoms with Crippen LogP contribution in [0.4, 0.5) is 4.79 Å². The standard InChI is InChI=1S/C35H37N3O6S2/c1-43-31-19-17-26(18-20-31)24-44-34(40)38-23-32(21-30(38)22-37-46(41,42)25-33(36)39)45-35(27-11-5-2-6-12-27,28-13-7-3-8-14-28)29-15-9-4-10-16-29/h2-20,30,32,37H,21-25H2,1H3,(H2,36,39)/t30-,32-/m0/s1. The maximum atomic E-state index is 13.6. The number of ether oxygens (including phenoxy) is 2. The zero-order valence-electron chi connectivity index (χ0n) is 25.5. The van der Waals surface area contributed by atoms with Crippen LogP contribution in [0.25, 0.3) is 0 Å². The average Bonchev–Trinajstić information content (AvgIpc) is 3.49. The largest absolute Gasteiger partial charge is 0.497 e. The number of nitrogens with one attached hydrogen (secondary N) is 1. The summed E-state index contributed by atoms with van der Waals surface area (Å²) in [6.45, 7) is 0.279. The van der Waals surface area contributed by atoms with E-state index < -0.39 is 38.6 Å². The predicted molar refractivity (Wildman–Crippen MR) is 180 cm³/mol. The second-order valence-electron chi connectivity index (χ2n) is 11.0. The second kappa shape index (κ2) is 14.8. The molecule has 1 heterocycles. The summed E-state index contributed by atoms with van der Waals surface area (Å²) < 4.78 is 37.9. The Bertz CT molecular complexity index is 1610. The first kappa shape index (κ1) is 33.1. The van der Waals surface area contributed by atoms with Gasteiger partial charge in [-0.1, -0.05) is 103 Å². The Morgan fingerprint density at radius 1 is 0.870 bits per heavy atom. The van der Waals surface area contributed by atoms with Gasteiger partial charge in [-0.05, 0) is 40.8 Å². The van der Waals surface area contributed by atoms with E-state index in [2.05, 4.69) is 41.1 Å². The lowest BCUT2D eigenvalue weighted by atomic mass is 9.84. The highest BCUT2D eigenvalue weighted by atomic mass is 32.2. The number of hydrogen-bond acceptors (Lipinski definition) is 7. The van der Waals surface area contributed by atoms with Crippen LogP contribution < -0.4 is 15.2 Å². The number of carbonyl (C=O) groups excluding carboxylic acids is 2. The number of primary amides is 1. The smallest absolute Gasteiger partial charge is 0.410 e. The van der Waals surface area contributed by atoms with E-state index in [1.807, 2.05) is 66.7 Å². The van der Waals surface area contributed by atoms with Crippen molar-refractivity contribution in [2.75, 3.05) is 26.0 Å². The molecule has 5 rings (SSSR count). The molecule has 1 aliphatic rings. The van der Waals surface area contributed by atoms with Crippen molar-refractivity contribution in [1.29, 1.82) is 0 Å². The Kier molecular flexibility index (Phi) is 10.7. The minimum atomic E-state index is -3.98. The Labute approximate surface area is 274 Å². The molecule has 9 nitrogen and oxygen atoms in total. The molecule has 2 amide bonds. The Hall–Kier alpha value is -4.32. The summed E-state index contributed by atoms with van der Waals surface area (Å²) in [4.78, 5) is 26.5. The molecular weight excluding hydrogens is 623 g/mol. The maximum absolute atomic E-state index is 13.6. The number of benzene rings is 4. The number of sulfonamides is 1. The molecule has 46 heavy (non-hydrogen) atoms. The van der Waals surface area contributed by atoms with Crippen LogP contribution in [0.5, 0.6) is 5.75 Å². The van der Waals surface area contributed by atoms with Crippen molar-refractivity contribution in [2.24, 2.45) is 5.73 Å². The minimum Gasteiger partial charge on any atom is -0.497 e. The summed E-state index contributed by atoms with van der Waals surface area (Å²) >= 11 is 1.73. The Morgan fingerprint density at radius 3 is 1.87 bits per heavy atom. The molecule has 0 radical (unpaired) electrons. The van der Waals surface area contributed by atoms with Gasteiger partial charge in [0.1, 0.15) is 18.1 Å². The number of rotatable bonds is 13. The normalized spacial score (nSPS) is 16.6. The van der Waals surface area contributed by atoms with Gasteiger partial charge in [-0.15, -0.1) is 11.8 Å². The molecule has 0 aliphatic carbocycles. The van der Waals surface area contributed by atoms with Gasteiger partial charge in [-0.2, -0.15) is 0 Å². The van der Waals surface area contributed by atoms with Crippen molar-refractivity contribution in [3.63, 3.8) is 0 Å². The highest BCUT2D eigenvalue weighted by Gasteiger charge is 2.44. The average molecular weight is 660 g/mol. The van der Waals surface area contributed by atoms with Crippen molar-refractivity contribution < 1.29 is 27.5 Å². The van der Waals surface area contributed by atoms with Crippen molar-refractivity contribution in [2.45, 2.75) is 29.1 Å². The molecular formula is C35H37N3O6S2. The van der Waals surface area contributed by atoms with E-state index in [4.69, 9.17) is 15.2 Å². The third-order valence-corrected chi connectivity index (χ3v) is 10.9. The number of thioether (sulfide) groups is 1. The summed E-state index contributed by atoms with van der Waals surface area (Å²) in [5.41, 5.74) is 9.18. The summed E-state index contributed by atoms with van der Waals surface area (Å²) in [5.74, 6) is -1.10. The molecule has 11 heteroatoms. The predicted octanol–water partition coefficient (Wildman–Crippen LogP) is 4.90. The zero-order valence-corrected chi connectivity index (χ0v) is 27.1. The maximum Gasteiger partial charge on any atom is 0.410 e. The topological polar surface area (TPSA) is 128 Å². The van der Waals surface area contributed by atoms with Crippen molar-refractivity contribution in [3.05, 3.63) is 138 Å². The molecule has 240 valence electrons. The highest BCUT2D eigenvalue weighted by molar-refractivity contribution is 8.01. The van der Waals surface area contributed by atoms with Crippen molar-refractivity contribution in [1.82, 2.24) is 9.62 Å². The molecule has 1 fully saturated rings. The monoisotopic (exact) mass is 659 g/mol. The van der Waals surface area contributed by atoms with E-state index in [0.29, 0.717) is 18.7 Å². The molecule has 0 saturated carbocycles. The van der Waals surface area contributed by atoms with Crippen LogP contribution in [-0.2, 0) is 30.9 Å². The number of amides is 2. The van der Waals surface area contributed by atoms with E-state index >= 15 is 0 Å². The Morgan fingerprint density at radius 2 is 1.39 bits per heavy atom. The summed E-state index contributed by atoms with van der Waals surface area (Å²) in [5, 5.41) is -0.111. The summed E-state index contributed by atoms with van der Waals surface area (Å²) in [7, 11) is -2.40. The van der Waals surface area contributed by atoms with Crippen LogP contribution in [0.15, 0.2) is 115 Å². The molecule has 0 bridgehead atoms. The SMILES string of the molecule is COc1ccc(COC(=O)N2C[C@@H](SC(c3ccccc3)(c3ccccc3)c3ccccc3)C[C@H]2CNS(=O)(=O)CC(N)=O)cc1. The number of methoxy groups -OCH3 is 1. The Balaban J connectivity index is 1.46. The molecule has 3 N–H and O–H groups in total. The molecule has 1 saturated heterocycles. The van der Waals surface area contributed by atoms with Crippen LogP contribution in [-0.4, -0.2) is 62.6 Å². The fourth-order valence-corrected chi connectivity index (χ4v) is 8.55. The first-order chi connectivity index (χ1) is 22.2. The molecule has 1 aliphatic heterocycles. The van der Waals surface area contributed by atoms with E-state index in [9.17, 15) is 18.0 Å². The van der Waals surface area contributed by atoms with E-state index in [1.165, 1.54) is 0 Å². The van der Waals surface area contributed by atoms with Crippen LogP contribution in [0, 0.1) is 0 Å². The quantitative estimate of drug-likeness (QED) is 0.195. The minimum absolute atomic E-state index is 0.0409. The van der Waals surface area contributed by atoms with Gasteiger partial charge >= 0.3 is 6.09 Å². The number of carbonyl (C=O) groups is 2. The van der Waals surface area contributed by atoms with Crippen LogP contribution in [0.2, 0.25) is 0 Å². The van der Waals surface area contributed by atoms with Gasteiger partial charge in [0.2, 0.25) is 15.9 Å². The second-order valence-corrected chi connectivity index (χ2v) is 14.4. The van der Waals surface area contributed by atoms with Crippen LogP contribution >= 0.6 is 11.8 Å². The molecule has 0 spiro atoms. The van der Waals surface area contributed by atoms with E-state index in [-0.39, 0.29) is 18.4 Å². The van der Waals surface area contributed by atoms with Crippen LogP contribution in [0.3, 0.4) is 0 Å². The fourth-order valence-electron chi connectivity index (χ4n) is 5.76. The van der Waals surface area contributed by atoms with Gasteiger partial charge in [0, 0.05) is 24.4 Å². The van der Waals surface area contributed by atoms with E-state index in [0.717, 1.165) is 22.3 Å². The number of nitrogens with zero attached hydrogens (tertiary/aromatic N) is 1. The first-order valence-electron chi connectivity index (χ1n) is 14.9. The molecule has 0 aromatic heterocycles. The molecule has 2 atom stereocenters. The lowest BCUT2D eigenvalue weighted by Crippen LogP contribution is -2.44. The lowest BCUT2D eigenvalue weighted by molar-refractivity contribution is -0.115. The van der Waals surface area contributed by atoms with Crippen molar-refractivity contribution in [3.8, 4) is 5.75 Å². The summed E-state index contributed by atoms with van der Waals surface area (Å²) in [6, 6.07) is 37.4. The van der Waals surface area contributed by atoms with Gasteiger partial charge in [0.15, 0.2) is 0 Å². The number of nitrogens with two attached hydrogens (primary N) is 1. The first-order valence-corrected chi connectivity index (χ1v) is 17.4. The zero-order chi connectivity index (χ0) is 32.6. The molecule has 0 unspecified atom stereocenters. The van der Waals surface area contributed by atoms with Gasteiger partial charge in [0.25, 0.3) is 0 Å². The third-order valence-electron chi connectivity index (χ3n) is 7.89. The van der Waals surface area contributed by atoms with E-state index in [1.54, 1.807) is 35.9 Å². The van der Waals surface area contributed by atoms with Gasteiger partial charge < -0.3 is 20.1 Å². The third kappa shape index (κ3) is 7.90. The van der Waals surface area contributed by atoms with Gasteiger partial charge in [-0.25, -0.2) is 17.9 Å². The number of likely N-dealkylation sites (tertiary alicyclic amines) is 1. The van der Waals surface area contributed by atoms with Gasteiger partial charge in [-0.3, -0.25) is 4.79 Å². The van der Waals surface area contributed by atoms with Crippen LogP contribution in [0.1, 0.15) is 28.7 Å². The molecule has 4 aromatic carbocycles. The molecule has 4 aromatic rings. The summed E-state index contributed by atoms with van der Waals surface area (Å²) in [6.07, 6.45) is -0.0712. The van der Waals surface area contributed by atoms with Crippen molar-refractivity contribution >= 4 is 33.8 Å². The lowest BCUT2D eigenvalue weighted by Gasteiger charge is -2.37.